The summed E-state index contributed by atoms with van der Waals surface area (Å²) in [5.74, 6) is 0. The molecule has 1 heterocycles. The second kappa shape index (κ2) is 4.47. The highest BCUT2D eigenvalue weighted by atomic mass is 32.1. The molecule has 0 spiro atoms. The third-order valence-corrected chi connectivity index (χ3v) is 4.78. The number of hydrogen-bond acceptors (Lipinski definition) is 3. The Morgan fingerprint density at radius 3 is 2.74 bits per heavy atom. The number of benzene rings is 1. The van der Waals surface area contributed by atoms with Crippen LogP contribution in [0.2, 0.25) is 0 Å². The van der Waals surface area contributed by atoms with E-state index in [0.29, 0.717) is 0 Å². The molecule has 2 aromatic rings. The summed E-state index contributed by atoms with van der Waals surface area (Å²) in [6.07, 6.45) is 2.88. The van der Waals surface area contributed by atoms with E-state index in [1.165, 1.54) is 16.7 Å². The molecule has 0 bridgehead atoms. The number of rotatable bonds is 3. The van der Waals surface area contributed by atoms with E-state index < -0.39 is 0 Å². The quantitative estimate of drug-likeness (QED) is 0.833. The number of aromatic nitrogens is 1. The van der Waals surface area contributed by atoms with Crippen molar-refractivity contribution in [2.75, 3.05) is 0 Å². The first-order valence-corrected chi connectivity index (χ1v) is 7.43. The third kappa shape index (κ3) is 2.41. The molecule has 19 heavy (non-hydrogen) atoms. The summed E-state index contributed by atoms with van der Waals surface area (Å²) in [6.45, 7) is 4.25. The summed E-state index contributed by atoms with van der Waals surface area (Å²) in [5.41, 5.74) is 4.71. The zero-order valence-corrected chi connectivity index (χ0v) is 12.0. The van der Waals surface area contributed by atoms with Crippen molar-refractivity contribution in [3.8, 4) is 17.3 Å². The lowest BCUT2D eigenvalue weighted by atomic mass is 10.0. The normalized spacial score (nSPS) is 16.1. The van der Waals surface area contributed by atoms with Crippen molar-refractivity contribution in [1.82, 2.24) is 4.98 Å². The van der Waals surface area contributed by atoms with Crippen LogP contribution in [-0.4, -0.2) is 4.98 Å². The molecule has 0 N–H and O–H groups in total. The second-order valence-electron chi connectivity index (χ2n) is 5.49. The van der Waals surface area contributed by atoms with Gasteiger partial charge in [0.15, 0.2) is 0 Å². The molecule has 1 aliphatic carbocycles. The van der Waals surface area contributed by atoms with Crippen molar-refractivity contribution in [2.45, 2.75) is 33.1 Å². The highest BCUT2D eigenvalue weighted by Gasteiger charge is 2.43. The highest BCUT2D eigenvalue weighted by Crippen LogP contribution is 2.48. The number of nitrogens with zero attached hydrogens (tertiary/aromatic N) is 2. The van der Waals surface area contributed by atoms with Crippen molar-refractivity contribution >= 4 is 11.3 Å². The largest absolute Gasteiger partial charge is 0.241 e. The fraction of sp³-hybridized carbons (Fsp3) is 0.375. The molecule has 96 valence electrons. The Morgan fingerprint density at radius 1 is 1.32 bits per heavy atom. The lowest BCUT2D eigenvalue weighted by Crippen LogP contribution is -2.00. The van der Waals surface area contributed by atoms with Crippen LogP contribution in [-0.2, 0) is 6.42 Å². The monoisotopic (exact) mass is 268 g/mol. The van der Waals surface area contributed by atoms with Crippen molar-refractivity contribution in [3.05, 3.63) is 39.7 Å². The molecule has 1 fully saturated rings. The Labute approximate surface area is 117 Å². The molecular weight excluding hydrogens is 252 g/mol. The lowest BCUT2D eigenvalue weighted by molar-refractivity contribution is 0.662. The van der Waals surface area contributed by atoms with Gasteiger partial charge in [-0.2, -0.15) is 5.26 Å². The smallest absolute Gasteiger partial charge is 0.0948 e. The van der Waals surface area contributed by atoms with Crippen LogP contribution < -0.4 is 0 Å². The van der Waals surface area contributed by atoms with Crippen LogP contribution in [0.25, 0.3) is 11.3 Å². The van der Waals surface area contributed by atoms with E-state index in [1.807, 2.05) is 0 Å². The molecule has 0 unspecified atom stereocenters. The van der Waals surface area contributed by atoms with Gasteiger partial charge in [-0.25, -0.2) is 4.98 Å². The van der Waals surface area contributed by atoms with E-state index >= 15 is 0 Å². The molecular formula is C16H16N2S. The summed E-state index contributed by atoms with van der Waals surface area (Å²) in [7, 11) is 0. The highest BCUT2D eigenvalue weighted by molar-refractivity contribution is 7.09. The van der Waals surface area contributed by atoms with E-state index in [0.717, 1.165) is 30.0 Å². The van der Waals surface area contributed by atoms with Crippen LogP contribution >= 0.6 is 11.3 Å². The first kappa shape index (κ1) is 12.4. The average molecular weight is 268 g/mol. The van der Waals surface area contributed by atoms with E-state index in [4.69, 9.17) is 10.2 Å². The zero-order chi connectivity index (χ0) is 13.5. The molecule has 3 rings (SSSR count). The number of thiazole rings is 1. The predicted octanol–water partition coefficient (Wildman–Crippen LogP) is 4.27. The Kier molecular flexibility index (Phi) is 2.91. The third-order valence-electron chi connectivity index (χ3n) is 3.93. The zero-order valence-electron chi connectivity index (χ0n) is 11.2. The molecule has 1 aromatic carbocycles. The van der Waals surface area contributed by atoms with Crippen molar-refractivity contribution < 1.29 is 0 Å². The summed E-state index contributed by atoms with van der Waals surface area (Å²) < 4.78 is 0. The first-order chi connectivity index (χ1) is 9.12. The summed E-state index contributed by atoms with van der Waals surface area (Å²) in [5, 5.41) is 12.3. The van der Waals surface area contributed by atoms with Gasteiger partial charge in [0.2, 0.25) is 0 Å². The first-order valence-electron chi connectivity index (χ1n) is 6.55. The summed E-state index contributed by atoms with van der Waals surface area (Å²) in [4.78, 5) is 4.69. The van der Waals surface area contributed by atoms with E-state index in [2.05, 4.69) is 43.5 Å². The molecule has 0 radical (unpaired) electrons. The second-order valence-corrected chi connectivity index (χ2v) is 6.44. The maximum absolute atomic E-state index is 9.14. The number of hydrogen-bond donors (Lipinski definition) is 0. The van der Waals surface area contributed by atoms with Gasteiger partial charge in [0.05, 0.1) is 22.2 Å². The van der Waals surface area contributed by atoms with E-state index in [9.17, 15) is 0 Å². The standard InChI is InChI=1S/C16H16N2S/c1-11-3-4-13(7-12(11)2)14-9-19-15(18-14)8-16(10-17)5-6-16/h3-4,7,9H,5-6,8H2,1-2H3. The molecule has 0 aliphatic heterocycles. The molecule has 1 aliphatic rings. The van der Waals surface area contributed by atoms with E-state index in [1.54, 1.807) is 11.3 Å². The molecule has 0 saturated heterocycles. The minimum Gasteiger partial charge on any atom is -0.241 e. The SMILES string of the molecule is Cc1ccc(-c2csc(CC3(C#N)CC3)n2)cc1C. The Morgan fingerprint density at radius 2 is 2.11 bits per heavy atom. The Hall–Kier alpha value is -1.66. The van der Waals surface area contributed by atoms with Crippen molar-refractivity contribution in [1.29, 1.82) is 5.26 Å². The fourth-order valence-electron chi connectivity index (χ4n) is 2.19. The van der Waals surface area contributed by atoms with Gasteiger partial charge in [0.1, 0.15) is 0 Å². The van der Waals surface area contributed by atoms with Gasteiger partial charge >= 0.3 is 0 Å². The van der Waals surface area contributed by atoms with Crippen LogP contribution in [0.1, 0.15) is 29.0 Å². The summed E-state index contributed by atoms with van der Waals surface area (Å²) in [6, 6.07) is 8.88. The lowest BCUT2D eigenvalue weighted by Gasteiger charge is -2.03. The molecule has 1 saturated carbocycles. The van der Waals surface area contributed by atoms with Crippen LogP contribution in [0.3, 0.4) is 0 Å². The Bertz CT molecular complexity index is 660. The van der Waals surface area contributed by atoms with Gasteiger partial charge in [-0.1, -0.05) is 12.1 Å². The van der Waals surface area contributed by atoms with Crippen molar-refractivity contribution in [3.63, 3.8) is 0 Å². The molecule has 2 nitrogen and oxygen atoms in total. The van der Waals surface area contributed by atoms with Crippen LogP contribution in [0.5, 0.6) is 0 Å². The molecule has 1 aromatic heterocycles. The van der Waals surface area contributed by atoms with Gasteiger partial charge in [-0.3, -0.25) is 0 Å². The molecule has 0 atom stereocenters. The number of aryl methyl sites for hydroxylation is 2. The van der Waals surface area contributed by atoms with Gasteiger partial charge in [0.25, 0.3) is 0 Å². The van der Waals surface area contributed by atoms with E-state index in [-0.39, 0.29) is 5.41 Å². The molecule has 3 heteroatoms. The minimum atomic E-state index is -0.0989. The van der Waals surface area contributed by atoms with Crippen LogP contribution in [0.15, 0.2) is 23.6 Å². The number of nitriles is 1. The maximum atomic E-state index is 9.14. The Balaban J connectivity index is 1.85. The topological polar surface area (TPSA) is 36.7 Å². The minimum absolute atomic E-state index is 0.0989. The van der Waals surface area contributed by atoms with Gasteiger partial charge in [-0.05, 0) is 43.9 Å². The average Bonchev–Trinajstić information content (AvgIpc) is 3.02. The van der Waals surface area contributed by atoms with Gasteiger partial charge in [-0.15, -0.1) is 11.3 Å². The van der Waals surface area contributed by atoms with Crippen LogP contribution in [0.4, 0.5) is 0 Å². The van der Waals surface area contributed by atoms with Gasteiger partial charge < -0.3 is 0 Å². The molecule has 0 amide bonds. The van der Waals surface area contributed by atoms with Gasteiger partial charge in [0, 0.05) is 17.4 Å². The van der Waals surface area contributed by atoms with Crippen molar-refractivity contribution in [2.24, 2.45) is 5.41 Å². The summed E-state index contributed by atoms with van der Waals surface area (Å²) >= 11 is 1.67. The maximum Gasteiger partial charge on any atom is 0.0948 e. The van der Waals surface area contributed by atoms with Crippen LogP contribution in [0, 0.1) is 30.6 Å². The fourth-order valence-corrected chi connectivity index (χ4v) is 3.14. The predicted molar refractivity (Wildman–Crippen MR) is 78.0 cm³/mol.